The molecular weight excluding hydrogens is 298 g/mol. The number of carbonyl (C=O) groups is 1. The van der Waals surface area contributed by atoms with Crippen molar-refractivity contribution in [2.45, 2.75) is 45.1 Å². The highest BCUT2D eigenvalue weighted by molar-refractivity contribution is 5.76. The number of nitrogens with zero attached hydrogens (tertiary/aromatic N) is 3. The predicted molar refractivity (Wildman–Crippen MR) is 94.2 cm³/mol. The Hall–Kier alpha value is -1.86. The van der Waals surface area contributed by atoms with Crippen LogP contribution in [0.5, 0.6) is 0 Å². The molecule has 3 rings (SSSR count). The molecule has 1 amide bonds. The summed E-state index contributed by atoms with van der Waals surface area (Å²) in [6.07, 6.45) is 7.20. The third kappa shape index (κ3) is 4.58. The maximum absolute atomic E-state index is 12.4. The zero-order valence-electron chi connectivity index (χ0n) is 14.4. The van der Waals surface area contributed by atoms with Gasteiger partial charge in [0.2, 0.25) is 5.91 Å². The van der Waals surface area contributed by atoms with E-state index in [1.807, 2.05) is 18.2 Å². The molecular formula is C20H27N3O. The van der Waals surface area contributed by atoms with Crippen LogP contribution in [0.15, 0.2) is 24.3 Å². The largest absolute Gasteiger partial charge is 0.341 e. The van der Waals surface area contributed by atoms with Gasteiger partial charge in [0.25, 0.3) is 0 Å². The Balaban J connectivity index is 1.55. The van der Waals surface area contributed by atoms with Gasteiger partial charge >= 0.3 is 0 Å². The summed E-state index contributed by atoms with van der Waals surface area (Å²) in [6, 6.07) is 9.98. The Morgan fingerprint density at radius 2 is 1.96 bits per heavy atom. The molecule has 1 aromatic rings. The molecule has 1 heterocycles. The van der Waals surface area contributed by atoms with Crippen molar-refractivity contribution in [3.8, 4) is 6.07 Å². The Bertz CT molecular complexity index is 601. The van der Waals surface area contributed by atoms with E-state index in [2.05, 4.69) is 21.9 Å². The van der Waals surface area contributed by atoms with E-state index in [9.17, 15) is 4.79 Å². The molecule has 0 N–H and O–H groups in total. The highest BCUT2D eigenvalue weighted by Gasteiger charge is 2.24. The fourth-order valence-corrected chi connectivity index (χ4v) is 3.94. The summed E-state index contributed by atoms with van der Waals surface area (Å²) in [5, 5.41) is 9.02. The second-order valence-electron chi connectivity index (χ2n) is 7.18. The number of hydrogen-bond acceptors (Lipinski definition) is 3. The fraction of sp³-hybridized carbons (Fsp3) is 0.600. The minimum atomic E-state index is 0.314. The SMILES string of the molecule is N#Cc1cccc(CN2CCC(=O)N(CC3CCCCC3)CC2)c1. The average Bonchev–Trinajstić information content (AvgIpc) is 2.79. The van der Waals surface area contributed by atoms with Crippen molar-refractivity contribution in [3.05, 3.63) is 35.4 Å². The summed E-state index contributed by atoms with van der Waals surface area (Å²) in [5.41, 5.74) is 1.86. The van der Waals surface area contributed by atoms with Gasteiger partial charge in [-0.3, -0.25) is 9.69 Å². The van der Waals surface area contributed by atoms with Gasteiger partial charge in [-0.1, -0.05) is 31.4 Å². The highest BCUT2D eigenvalue weighted by atomic mass is 16.2. The van der Waals surface area contributed by atoms with Gasteiger partial charge < -0.3 is 4.90 Å². The van der Waals surface area contributed by atoms with Crippen molar-refractivity contribution >= 4 is 5.91 Å². The van der Waals surface area contributed by atoms with Crippen LogP contribution >= 0.6 is 0 Å². The third-order valence-corrected chi connectivity index (χ3v) is 5.35. The summed E-state index contributed by atoms with van der Waals surface area (Å²) in [5.74, 6) is 1.02. The summed E-state index contributed by atoms with van der Waals surface area (Å²) in [4.78, 5) is 16.9. The van der Waals surface area contributed by atoms with Crippen LogP contribution in [0.1, 0.15) is 49.7 Å². The first-order valence-electron chi connectivity index (χ1n) is 9.24. The van der Waals surface area contributed by atoms with Crippen LogP contribution in [-0.4, -0.2) is 41.9 Å². The standard InChI is InChI=1S/C20H27N3O/c21-14-18-7-4-8-19(13-18)15-22-10-9-20(24)23(12-11-22)16-17-5-2-1-3-6-17/h4,7-8,13,17H,1-3,5-6,9-12,15-16H2. The van der Waals surface area contributed by atoms with Crippen molar-refractivity contribution in [1.82, 2.24) is 9.80 Å². The van der Waals surface area contributed by atoms with Crippen molar-refractivity contribution in [2.24, 2.45) is 5.92 Å². The lowest BCUT2D eigenvalue weighted by atomic mass is 9.89. The quantitative estimate of drug-likeness (QED) is 0.854. The molecule has 0 spiro atoms. The van der Waals surface area contributed by atoms with E-state index in [4.69, 9.17) is 5.26 Å². The van der Waals surface area contributed by atoms with Gasteiger partial charge in [-0.05, 0) is 36.5 Å². The van der Waals surface area contributed by atoms with E-state index in [1.54, 1.807) is 0 Å². The van der Waals surface area contributed by atoms with E-state index >= 15 is 0 Å². The molecule has 1 aliphatic heterocycles. The van der Waals surface area contributed by atoms with Crippen molar-refractivity contribution in [2.75, 3.05) is 26.2 Å². The lowest BCUT2D eigenvalue weighted by molar-refractivity contribution is -0.131. The minimum Gasteiger partial charge on any atom is -0.341 e. The van der Waals surface area contributed by atoms with E-state index in [1.165, 1.54) is 32.1 Å². The molecule has 1 aliphatic carbocycles. The number of rotatable bonds is 4. The van der Waals surface area contributed by atoms with Crippen molar-refractivity contribution < 1.29 is 4.79 Å². The number of hydrogen-bond donors (Lipinski definition) is 0. The summed E-state index contributed by atoms with van der Waals surface area (Å²) in [6.45, 7) is 4.36. The monoisotopic (exact) mass is 325 g/mol. The maximum atomic E-state index is 12.4. The molecule has 0 unspecified atom stereocenters. The Labute approximate surface area is 145 Å². The second kappa shape index (κ2) is 8.30. The van der Waals surface area contributed by atoms with E-state index < -0.39 is 0 Å². The van der Waals surface area contributed by atoms with Gasteiger partial charge in [-0.2, -0.15) is 5.26 Å². The lowest BCUT2D eigenvalue weighted by Crippen LogP contribution is -2.37. The van der Waals surface area contributed by atoms with Crippen LogP contribution in [0, 0.1) is 17.2 Å². The maximum Gasteiger partial charge on any atom is 0.223 e. The molecule has 0 bridgehead atoms. The van der Waals surface area contributed by atoms with Crippen LogP contribution in [0.3, 0.4) is 0 Å². The molecule has 2 fully saturated rings. The summed E-state index contributed by atoms with van der Waals surface area (Å²) in [7, 11) is 0. The molecule has 24 heavy (non-hydrogen) atoms. The topological polar surface area (TPSA) is 47.3 Å². The first kappa shape index (κ1) is 17.0. The van der Waals surface area contributed by atoms with Gasteiger partial charge in [0.05, 0.1) is 11.6 Å². The molecule has 0 aromatic heterocycles. The second-order valence-corrected chi connectivity index (χ2v) is 7.18. The zero-order valence-corrected chi connectivity index (χ0v) is 14.4. The number of carbonyl (C=O) groups excluding carboxylic acids is 1. The van der Waals surface area contributed by atoms with Crippen LogP contribution < -0.4 is 0 Å². The van der Waals surface area contributed by atoms with Crippen LogP contribution in [0.4, 0.5) is 0 Å². The predicted octanol–water partition coefficient (Wildman–Crippen LogP) is 3.17. The first-order valence-corrected chi connectivity index (χ1v) is 9.24. The molecule has 128 valence electrons. The van der Waals surface area contributed by atoms with Crippen molar-refractivity contribution in [3.63, 3.8) is 0 Å². The molecule has 0 atom stereocenters. The van der Waals surface area contributed by atoms with Gasteiger partial charge in [-0.15, -0.1) is 0 Å². The summed E-state index contributed by atoms with van der Waals surface area (Å²) < 4.78 is 0. The number of benzene rings is 1. The Kier molecular flexibility index (Phi) is 5.87. The van der Waals surface area contributed by atoms with Crippen LogP contribution in [0.25, 0.3) is 0 Å². The molecule has 2 aliphatic rings. The lowest BCUT2D eigenvalue weighted by Gasteiger charge is -2.29. The van der Waals surface area contributed by atoms with Crippen LogP contribution in [-0.2, 0) is 11.3 Å². The van der Waals surface area contributed by atoms with Crippen LogP contribution in [0.2, 0.25) is 0 Å². The van der Waals surface area contributed by atoms with Gasteiger partial charge in [-0.25, -0.2) is 0 Å². The Morgan fingerprint density at radius 3 is 2.75 bits per heavy atom. The fourth-order valence-electron chi connectivity index (χ4n) is 3.94. The molecule has 0 radical (unpaired) electrons. The van der Waals surface area contributed by atoms with Gasteiger partial charge in [0.1, 0.15) is 0 Å². The smallest absolute Gasteiger partial charge is 0.223 e. The minimum absolute atomic E-state index is 0.314. The zero-order chi connectivity index (χ0) is 16.8. The van der Waals surface area contributed by atoms with Gasteiger partial charge in [0, 0.05) is 39.1 Å². The Morgan fingerprint density at radius 1 is 1.12 bits per heavy atom. The molecule has 4 nitrogen and oxygen atoms in total. The third-order valence-electron chi connectivity index (χ3n) is 5.35. The van der Waals surface area contributed by atoms with E-state index in [0.717, 1.165) is 38.3 Å². The first-order chi connectivity index (χ1) is 11.7. The summed E-state index contributed by atoms with van der Waals surface area (Å²) >= 11 is 0. The molecule has 4 heteroatoms. The number of nitriles is 1. The highest BCUT2D eigenvalue weighted by Crippen LogP contribution is 2.25. The van der Waals surface area contributed by atoms with E-state index in [0.29, 0.717) is 23.8 Å². The van der Waals surface area contributed by atoms with Gasteiger partial charge in [0.15, 0.2) is 0 Å². The van der Waals surface area contributed by atoms with Crippen molar-refractivity contribution in [1.29, 1.82) is 5.26 Å². The number of amides is 1. The average molecular weight is 325 g/mol. The molecule has 1 saturated carbocycles. The van der Waals surface area contributed by atoms with E-state index in [-0.39, 0.29) is 0 Å². The normalized spacial score (nSPS) is 20.6. The molecule has 1 saturated heterocycles. The molecule has 1 aromatic carbocycles.